The predicted molar refractivity (Wildman–Crippen MR) is 61.9 cm³/mol. The third-order valence-corrected chi connectivity index (χ3v) is 3.00. The van der Waals surface area contributed by atoms with Gasteiger partial charge in [-0.3, -0.25) is 4.79 Å². The van der Waals surface area contributed by atoms with Crippen molar-refractivity contribution in [1.29, 1.82) is 0 Å². The number of aromatic nitrogens is 2. The van der Waals surface area contributed by atoms with E-state index in [0.29, 0.717) is 18.8 Å². The van der Waals surface area contributed by atoms with Crippen molar-refractivity contribution >= 4 is 11.8 Å². The molecule has 1 unspecified atom stereocenters. The molecule has 1 aromatic rings. The molecule has 2 rings (SSSR count). The second-order valence-electron chi connectivity index (χ2n) is 4.04. The van der Waals surface area contributed by atoms with Crippen molar-refractivity contribution in [3.8, 4) is 0 Å². The minimum absolute atomic E-state index is 0.191. The molecule has 0 amide bonds. The summed E-state index contributed by atoms with van der Waals surface area (Å²) in [5.74, 6) is 0.0121. The summed E-state index contributed by atoms with van der Waals surface area (Å²) < 4.78 is 6.19. The zero-order valence-electron chi connectivity index (χ0n) is 9.92. The van der Waals surface area contributed by atoms with E-state index in [4.69, 9.17) is 4.74 Å². The lowest BCUT2D eigenvalue weighted by molar-refractivity contribution is -0.141. The number of hydrogen-bond acceptors (Lipinski definition) is 5. The molecular weight excluding hydrogens is 222 g/mol. The summed E-state index contributed by atoms with van der Waals surface area (Å²) in [7, 11) is 3.02. The van der Waals surface area contributed by atoms with Crippen molar-refractivity contribution < 1.29 is 9.53 Å². The summed E-state index contributed by atoms with van der Waals surface area (Å²) >= 11 is 0. The zero-order chi connectivity index (χ0) is 12.4. The minimum Gasteiger partial charge on any atom is -0.467 e. The first-order valence-electron chi connectivity index (χ1n) is 5.51. The maximum Gasteiger partial charge on any atom is 0.328 e. The number of rotatable bonds is 2. The van der Waals surface area contributed by atoms with Gasteiger partial charge in [0.1, 0.15) is 6.04 Å². The Morgan fingerprint density at radius 3 is 3.06 bits per heavy atom. The van der Waals surface area contributed by atoms with Gasteiger partial charge in [-0.15, -0.1) is 0 Å². The van der Waals surface area contributed by atoms with Crippen LogP contribution in [0, 0.1) is 0 Å². The van der Waals surface area contributed by atoms with Crippen LogP contribution < -0.4 is 10.5 Å². The van der Waals surface area contributed by atoms with Crippen LogP contribution >= 0.6 is 0 Å². The molecule has 0 N–H and O–H groups in total. The standard InChI is InChI=1S/C11H15N3O3/c1-13-7-5-12-9(10(13)15)14-6-3-4-8(14)11(16)17-2/h5,7-8H,3-4,6H2,1-2H3. The Kier molecular flexibility index (Phi) is 3.12. The van der Waals surface area contributed by atoms with Gasteiger partial charge < -0.3 is 14.2 Å². The van der Waals surface area contributed by atoms with E-state index >= 15 is 0 Å². The largest absolute Gasteiger partial charge is 0.467 e. The number of nitrogens with zero attached hydrogens (tertiary/aromatic N) is 3. The first kappa shape index (κ1) is 11.6. The molecule has 1 fully saturated rings. The monoisotopic (exact) mass is 237 g/mol. The molecular formula is C11H15N3O3. The third kappa shape index (κ3) is 2.02. The molecule has 92 valence electrons. The van der Waals surface area contributed by atoms with Crippen LogP contribution in [0.3, 0.4) is 0 Å². The van der Waals surface area contributed by atoms with Crippen molar-refractivity contribution in [2.45, 2.75) is 18.9 Å². The van der Waals surface area contributed by atoms with Crippen molar-refractivity contribution in [3.63, 3.8) is 0 Å². The number of aryl methyl sites for hydroxylation is 1. The molecule has 0 saturated carbocycles. The van der Waals surface area contributed by atoms with Crippen LogP contribution in [0.25, 0.3) is 0 Å². The molecule has 1 aliphatic heterocycles. The molecule has 2 heterocycles. The van der Waals surface area contributed by atoms with Crippen LogP contribution in [0.5, 0.6) is 0 Å². The molecule has 1 aliphatic rings. The summed E-state index contributed by atoms with van der Waals surface area (Å²) in [6.07, 6.45) is 4.71. The number of anilines is 1. The Morgan fingerprint density at radius 1 is 1.59 bits per heavy atom. The maximum absolute atomic E-state index is 11.9. The second kappa shape index (κ2) is 4.57. The van der Waals surface area contributed by atoms with Gasteiger partial charge in [0, 0.05) is 26.0 Å². The quantitative estimate of drug-likeness (QED) is 0.673. The van der Waals surface area contributed by atoms with E-state index in [1.54, 1.807) is 24.3 Å². The highest BCUT2D eigenvalue weighted by atomic mass is 16.5. The Morgan fingerprint density at radius 2 is 2.35 bits per heavy atom. The lowest BCUT2D eigenvalue weighted by Gasteiger charge is -2.22. The van der Waals surface area contributed by atoms with E-state index in [9.17, 15) is 9.59 Å². The van der Waals surface area contributed by atoms with Crippen molar-refractivity contribution in [2.75, 3.05) is 18.6 Å². The van der Waals surface area contributed by atoms with E-state index in [-0.39, 0.29) is 17.6 Å². The molecule has 17 heavy (non-hydrogen) atoms. The van der Waals surface area contributed by atoms with Gasteiger partial charge in [-0.05, 0) is 12.8 Å². The molecule has 1 atom stereocenters. The van der Waals surface area contributed by atoms with Crippen LogP contribution in [0.15, 0.2) is 17.2 Å². The average Bonchev–Trinajstić information content (AvgIpc) is 2.80. The zero-order valence-corrected chi connectivity index (χ0v) is 9.92. The summed E-state index contributed by atoms with van der Waals surface area (Å²) in [5.41, 5.74) is -0.191. The molecule has 0 aromatic carbocycles. The average molecular weight is 237 g/mol. The lowest BCUT2D eigenvalue weighted by Crippen LogP contribution is -2.41. The first-order valence-corrected chi connectivity index (χ1v) is 5.51. The van der Waals surface area contributed by atoms with Crippen LogP contribution in [0.4, 0.5) is 5.82 Å². The Hall–Kier alpha value is -1.85. The van der Waals surface area contributed by atoms with Crippen LogP contribution in [0.1, 0.15) is 12.8 Å². The third-order valence-electron chi connectivity index (χ3n) is 3.00. The smallest absolute Gasteiger partial charge is 0.328 e. The molecule has 1 aromatic heterocycles. The van der Waals surface area contributed by atoms with E-state index in [1.165, 1.54) is 11.7 Å². The predicted octanol–water partition coefficient (Wildman–Crippen LogP) is -0.0779. The van der Waals surface area contributed by atoms with Crippen LogP contribution in [-0.4, -0.2) is 35.2 Å². The molecule has 0 radical (unpaired) electrons. The van der Waals surface area contributed by atoms with Crippen LogP contribution in [-0.2, 0) is 16.6 Å². The van der Waals surface area contributed by atoms with E-state index in [0.717, 1.165) is 6.42 Å². The summed E-state index contributed by atoms with van der Waals surface area (Å²) in [4.78, 5) is 29.3. The second-order valence-corrected chi connectivity index (χ2v) is 4.04. The lowest BCUT2D eigenvalue weighted by atomic mass is 10.2. The number of carbonyl (C=O) groups is 1. The number of carbonyl (C=O) groups excluding carboxylic acids is 1. The fourth-order valence-electron chi connectivity index (χ4n) is 2.08. The molecule has 0 bridgehead atoms. The number of esters is 1. The Balaban J connectivity index is 2.36. The van der Waals surface area contributed by atoms with Crippen LogP contribution in [0.2, 0.25) is 0 Å². The molecule has 6 heteroatoms. The SMILES string of the molecule is COC(=O)C1CCCN1c1nccn(C)c1=O. The van der Waals surface area contributed by atoms with Crippen molar-refractivity contribution in [3.05, 3.63) is 22.7 Å². The fourth-order valence-corrected chi connectivity index (χ4v) is 2.08. The van der Waals surface area contributed by atoms with Gasteiger partial charge in [-0.2, -0.15) is 0 Å². The minimum atomic E-state index is -0.386. The first-order chi connectivity index (χ1) is 8.15. The van der Waals surface area contributed by atoms with E-state index in [1.807, 2.05) is 0 Å². The highest BCUT2D eigenvalue weighted by Crippen LogP contribution is 2.21. The van der Waals surface area contributed by atoms with E-state index in [2.05, 4.69) is 4.98 Å². The highest BCUT2D eigenvalue weighted by Gasteiger charge is 2.33. The van der Waals surface area contributed by atoms with Gasteiger partial charge >= 0.3 is 5.97 Å². The summed E-state index contributed by atoms with van der Waals surface area (Å²) in [6.45, 7) is 0.659. The molecule has 1 saturated heterocycles. The van der Waals surface area contributed by atoms with E-state index < -0.39 is 0 Å². The summed E-state index contributed by atoms with van der Waals surface area (Å²) in [6, 6.07) is -0.386. The molecule has 0 aliphatic carbocycles. The van der Waals surface area contributed by atoms with Crippen molar-refractivity contribution in [2.24, 2.45) is 7.05 Å². The van der Waals surface area contributed by atoms with Gasteiger partial charge in [0.15, 0.2) is 5.82 Å². The number of methoxy groups -OCH3 is 1. The van der Waals surface area contributed by atoms with Gasteiger partial charge in [-0.1, -0.05) is 0 Å². The molecule has 0 spiro atoms. The molecule has 6 nitrogen and oxygen atoms in total. The highest BCUT2D eigenvalue weighted by molar-refractivity contribution is 5.80. The normalized spacial score (nSPS) is 19.4. The number of ether oxygens (including phenoxy) is 1. The van der Waals surface area contributed by atoms with Crippen molar-refractivity contribution in [1.82, 2.24) is 9.55 Å². The maximum atomic E-state index is 11.9. The van der Waals surface area contributed by atoms with Gasteiger partial charge in [0.05, 0.1) is 7.11 Å². The van der Waals surface area contributed by atoms with Gasteiger partial charge in [-0.25, -0.2) is 9.78 Å². The fraction of sp³-hybridized carbons (Fsp3) is 0.545. The topological polar surface area (TPSA) is 64.4 Å². The Labute approximate surface area is 98.8 Å². The van der Waals surface area contributed by atoms with Gasteiger partial charge in [0.25, 0.3) is 5.56 Å². The summed E-state index contributed by atoms with van der Waals surface area (Å²) in [5, 5.41) is 0. The Bertz CT molecular complexity index is 483. The van der Waals surface area contributed by atoms with Gasteiger partial charge in [0.2, 0.25) is 0 Å². The number of hydrogen-bond donors (Lipinski definition) is 0.